The molecule has 0 fully saturated rings. The molecule has 0 spiro atoms. The number of rotatable bonds is 3. The smallest absolute Gasteiger partial charge is 0.194 e. The zero-order chi connectivity index (χ0) is 18.4. The first-order valence-corrected chi connectivity index (χ1v) is 8.60. The molecule has 1 aliphatic heterocycles. The Morgan fingerprint density at radius 1 is 1.27 bits per heavy atom. The van der Waals surface area contributed by atoms with Gasteiger partial charge < -0.3 is 10.2 Å². The molecule has 0 atom stereocenters. The Bertz CT molecular complexity index is 865. The molecule has 4 nitrogen and oxygen atoms in total. The van der Waals surface area contributed by atoms with E-state index in [9.17, 15) is 4.39 Å². The van der Waals surface area contributed by atoms with Crippen molar-refractivity contribution in [3.8, 4) is 6.07 Å². The number of nitriles is 1. The SMILES string of the molecule is CN=C(NCc1cc(C#N)ccc1F)N1CC=C(c2ccccc2)CC1. The maximum atomic E-state index is 13.9. The van der Waals surface area contributed by atoms with Crippen LogP contribution in [-0.2, 0) is 6.54 Å². The molecule has 1 heterocycles. The van der Waals surface area contributed by atoms with Crippen LogP contribution < -0.4 is 5.32 Å². The molecule has 2 aromatic rings. The predicted molar refractivity (Wildman–Crippen MR) is 102 cm³/mol. The molecule has 0 bridgehead atoms. The lowest BCUT2D eigenvalue weighted by molar-refractivity contribution is 0.439. The third-order valence-corrected chi connectivity index (χ3v) is 4.48. The predicted octanol–water partition coefficient (Wildman–Crippen LogP) is 3.56. The summed E-state index contributed by atoms with van der Waals surface area (Å²) in [6.07, 6.45) is 3.14. The number of nitrogens with one attached hydrogen (secondary N) is 1. The van der Waals surface area contributed by atoms with E-state index in [0.717, 1.165) is 25.5 Å². The van der Waals surface area contributed by atoms with Gasteiger partial charge in [-0.05, 0) is 35.8 Å². The fourth-order valence-electron chi connectivity index (χ4n) is 3.06. The number of nitrogens with zero attached hydrogens (tertiary/aromatic N) is 3. The van der Waals surface area contributed by atoms with E-state index in [1.807, 2.05) is 24.3 Å². The zero-order valence-electron chi connectivity index (χ0n) is 14.7. The molecule has 0 aliphatic carbocycles. The van der Waals surface area contributed by atoms with Gasteiger partial charge in [-0.1, -0.05) is 36.4 Å². The fraction of sp³-hybridized carbons (Fsp3) is 0.238. The molecular weight excluding hydrogens is 327 g/mol. The lowest BCUT2D eigenvalue weighted by atomic mass is 10.00. The summed E-state index contributed by atoms with van der Waals surface area (Å²) in [5.74, 6) is 0.409. The summed E-state index contributed by atoms with van der Waals surface area (Å²) >= 11 is 0. The van der Waals surface area contributed by atoms with Crippen LogP contribution in [0.3, 0.4) is 0 Å². The minimum Gasteiger partial charge on any atom is -0.352 e. The quantitative estimate of drug-likeness (QED) is 0.682. The summed E-state index contributed by atoms with van der Waals surface area (Å²) < 4.78 is 13.9. The number of hydrogen-bond donors (Lipinski definition) is 1. The summed E-state index contributed by atoms with van der Waals surface area (Å²) in [4.78, 5) is 6.45. The van der Waals surface area contributed by atoms with Crippen LogP contribution in [0.25, 0.3) is 5.57 Å². The van der Waals surface area contributed by atoms with Crippen molar-refractivity contribution in [1.82, 2.24) is 10.2 Å². The van der Waals surface area contributed by atoms with Crippen molar-refractivity contribution in [2.45, 2.75) is 13.0 Å². The van der Waals surface area contributed by atoms with Crippen LogP contribution in [0.5, 0.6) is 0 Å². The molecule has 0 saturated heterocycles. The lowest BCUT2D eigenvalue weighted by Crippen LogP contribution is -2.43. The largest absolute Gasteiger partial charge is 0.352 e. The van der Waals surface area contributed by atoms with Crippen molar-refractivity contribution in [1.29, 1.82) is 5.26 Å². The molecule has 0 radical (unpaired) electrons. The molecule has 132 valence electrons. The molecule has 3 rings (SSSR count). The van der Waals surface area contributed by atoms with Crippen molar-refractivity contribution < 1.29 is 4.39 Å². The summed E-state index contributed by atoms with van der Waals surface area (Å²) in [6, 6.07) is 16.8. The fourth-order valence-corrected chi connectivity index (χ4v) is 3.06. The number of aliphatic imine (C=N–C) groups is 1. The molecule has 2 aromatic carbocycles. The normalized spacial score (nSPS) is 14.6. The van der Waals surface area contributed by atoms with Crippen molar-refractivity contribution in [3.63, 3.8) is 0 Å². The van der Waals surface area contributed by atoms with Crippen molar-refractivity contribution >= 4 is 11.5 Å². The molecule has 5 heteroatoms. The van der Waals surface area contributed by atoms with Gasteiger partial charge in [-0.3, -0.25) is 4.99 Å². The van der Waals surface area contributed by atoms with Crippen LogP contribution in [0.4, 0.5) is 4.39 Å². The summed E-state index contributed by atoms with van der Waals surface area (Å²) in [7, 11) is 1.72. The highest BCUT2D eigenvalue weighted by molar-refractivity contribution is 5.81. The third-order valence-electron chi connectivity index (χ3n) is 4.48. The molecule has 26 heavy (non-hydrogen) atoms. The average molecular weight is 348 g/mol. The Morgan fingerprint density at radius 2 is 2.08 bits per heavy atom. The monoisotopic (exact) mass is 348 g/mol. The zero-order valence-corrected chi connectivity index (χ0v) is 14.7. The molecule has 0 amide bonds. The van der Waals surface area contributed by atoms with E-state index >= 15 is 0 Å². The van der Waals surface area contributed by atoms with E-state index < -0.39 is 0 Å². The summed E-state index contributed by atoms with van der Waals surface area (Å²) in [5, 5.41) is 12.2. The lowest BCUT2D eigenvalue weighted by Gasteiger charge is -2.30. The molecule has 1 N–H and O–H groups in total. The topological polar surface area (TPSA) is 51.4 Å². The minimum absolute atomic E-state index is 0.291. The first-order valence-electron chi connectivity index (χ1n) is 8.60. The maximum Gasteiger partial charge on any atom is 0.194 e. The minimum atomic E-state index is -0.322. The van der Waals surface area contributed by atoms with Gasteiger partial charge in [-0.15, -0.1) is 0 Å². The highest BCUT2D eigenvalue weighted by Crippen LogP contribution is 2.22. The van der Waals surface area contributed by atoms with Gasteiger partial charge in [0, 0.05) is 32.2 Å². The highest BCUT2D eigenvalue weighted by Gasteiger charge is 2.16. The summed E-state index contributed by atoms with van der Waals surface area (Å²) in [5.41, 5.74) is 3.50. The Morgan fingerprint density at radius 3 is 2.73 bits per heavy atom. The Labute approximate surface area is 153 Å². The van der Waals surface area contributed by atoms with Crippen LogP contribution in [0.1, 0.15) is 23.1 Å². The standard InChI is InChI=1S/C21H21FN4/c1-24-21(25-15-19-13-16(14-23)7-8-20(19)22)26-11-9-18(10-12-26)17-5-3-2-4-6-17/h2-9,13H,10-12,15H2,1H3,(H,24,25). The van der Waals surface area contributed by atoms with Gasteiger partial charge in [-0.25, -0.2) is 4.39 Å². The van der Waals surface area contributed by atoms with Crippen molar-refractivity contribution in [3.05, 3.63) is 77.1 Å². The van der Waals surface area contributed by atoms with Gasteiger partial charge in [0.1, 0.15) is 5.82 Å². The first-order chi connectivity index (χ1) is 12.7. The van der Waals surface area contributed by atoms with Gasteiger partial charge in [0.25, 0.3) is 0 Å². The molecule has 0 saturated carbocycles. The van der Waals surface area contributed by atoms with Gasteiger partial charge in [-0.2, -0.15) is 5.26 Å². The van der Waals surface area contributed by atoms with E-state index in [2.05, 4.69) is 33.4 Å². The third kappa shape index (κ3) is 4.09. The van der Waals surface area contributed by atoms with E-state index in [4.69, 9.17) is 5.26 Å². The molecule has 0 aromatic heterocycles. The second kappa shape index (κ2) is 8.30. The Balaban J connectivity index is 1.64. The number of halogens is 1. The van der Waals surface area contributed by atoms with E-state index in [1.165, 1.54) is 23.3 Å². The highest BCUT2D eigenvalue weighted by atomic mass is 19.1. The van der Waals surface area contributed by atoms with E-state index in [1.54, 1.807) is 13.1 Å². The van der Waals surface area contributed by atoms with E-state index in [0.29, 0.717) is 17.7 Å². The molecule has 0 unspecified atom stereocenters. The van der Waals surface area contributed by atoms with Crippen LogP contribution in [0, 0.1) is 17.1 Å². The number of benzene rings is 2. The van der Waals surface area contributed by atoms with E-state index in [-0.39, 0.29) is 5.82 Å². The van der Waals surface area contributed by atoms with Crippen molar-refractivity contribution in [2.75, 3.05) is 20.1 Å². The van der Waals surface area contributed by atoms with Crippen molar-refractivity contribution in [2.24, 2.45) is 4.99 Å². The first kappa shape index (κ1) is 17.7. The van der Waals surface area contributed by atoms with Crippen LogP contribution in [-0.4, -0.2) is 31.0 Å². The average Bonchev–Trinajstić information content (AvgIpc) is 2.71. The summed E-state index contributed by atoms with van der Waals surface area (Å²) in [6.45, 7) is 1.89. The van der Waals surface area contributed by atoms with Crippen LogP contribution in [0.15, 0.2) is 59.6 Å². The Kier molecular flexibility index (Phi) is 5.65. The Hall–Kier alpha value is -3.13. The van der Waals surface area contributed by atoms with Crippen LogP contribution in [0.2, 0.25) is 0 Å². The number of guanidine groups is 1. The van der Waals surface area contributed by atoms with Crippen LogP contribution >= 0.6 is 0 Å². The molecular formula is C21H21FN4. The van der Waals surface area contributed by atoms with Gasteiger partial charge in [0.2, 0.25) is 0 Å². The number of hydrogen-bond acceptors (Lipinski definition) is 2. The maximum absolute atomic E-state index is 13.9. The second-order valence-electron chi connectivity index (χ2n) is 6.11. The molecule has 1 aliphatic rings. The second-order valence-corrected chi connectivity index (χ2v) is 6.11. The van der Waals surface area contributed by atoms with Gasteiger partial charge in [0.05, 0.1) is 11.6 Å². The van der Waals surface area contributed by atoms with Gasteiger partial charge >= 0.3 is 0 Å². The van der Waals surface area contributed by atoms with Gasteiger partial charge in [0.15, 0.2) is 5.96 Å².